The maximum Gasteiger partial charge on any atom is 0.320 e. The Kier molecular flexibility index (Phi) is 5.42. The second-order valence-electron chi connectivity index (χ2n) is 3.28. The Bertz CT molecular complexity index is 283. The molecule has 2 unspecified atom stereocenters. The first-order valence-electron chi connectivity index (χ1n) is 4.57. The first-order chi connectivity index (χ1) is 6.91. The molecule has 0 aliphatic heterocycles. The van der Waals surface area contributed by atoms with Crippen molar-refractivity contribution in [2.75, 3.05) is 13.6 Å². The van der Waals surface area contributed by atoms with Gasteiger partial charge in [-0.1, -0.05) is 5.92 Å². The van der Waals surface area contributed by atoms with E-state index < -0.39 is 18.1 Å². The van der Waals surface area contributed by atoms with Crippen molar-refractivity contribution < 1.29 is 14.7 Å². The van der Waals surface area contributed by atoms with E-state index >= 15 is 0 Å². The number of terminal acetylenes is 1. The van der Waals surface area contributed by atoms with Crippen LogP contribution in [0.4, 0.5) is 0 Å². The lowest BCUT2D eigenvalue weighted by molar-refractivity contribution is -0.143. The summed E-state index contributed by atoms with van der Waals surface area (Å²) in [5.41, 5.74) is 0. The van der Waals surface area contributed by atoms with Crippen molar-refractivity contribution in [2.45, 2.75) is 25.9 Å². The molecule has 0 heterocycles. The highest BCUT2D eigenvalue weighted by Gasteiger charge is 2.25. The molecule has 1 amide bonds. The van der Waals surface area contributed by atoms with Gasteiger partial charge < -0.3 is 10.4 Å². The second kappa shape index (κ2) is 6.04. The summed E-state index contributed by atoms with van der Waals surface area (Å²) < 4.78 is 0. The van der Waals surface area contributed by atoms with Crippen LogP contribution in [0.3, 0.4) is 0 Å². The van der Waals surface area contributed by atoms with Gasteiger partial charge >= 0.3 is 5.97 Å². The number of rotatable bonds is 5. The Morgan fingerprint density at radius 2 is 2.00 bits per heavy atom. The Balaban J connectivity index is 4.31. The number of carbonyl (C=O) groups excluding carboxylic acids is 1. The molecule has 2 N–H and O–H groups in total. The van der Waals surface area contributed by atoms with E-state index in [0.717, 1.165) is 0 Å². The predicted octanol–water partition coefficient (Wildman–Crippen LogP) is -0.471. The fraction of sp³-hybridized carbons (Fsp3) is 0.600. The molecule has 5 nitrogen and oxygen atoms in total. The average molecular weight is 212 g/mol. The van der Waals surface area contributed by atoms with Crippen molar-refractivity contribution in [3.8, 4) is 12.3 Å². The molecule has 0 aromatic rings. The summed E-state index contributed by atoms with van der Waals surface area (Å²) in [5.74, 6) is 1.04. The van der Waals surface area contributed by atoms with Crippen molar-refractivity contribution in [3.63, 3.8) is 0 Å². The van der Waals surface area contributed by atoms with Crippen LogP contribution in [0.5, 0.6) is 0 Å². The van der Waals surface area contributed by atoms with Gasteiger partial charge in [0.2, 0.25) is 5.91 Å². The number of carbonyl (C=O) groups is 2. The van der Waals surface area contributed by atoms with Gasteiger partial charge in [-0.3, -0.25) is 14.5 Å². The van der Waals surface area contributed by atoms with Gasteiger partial charge in [0, 0.05) is 0 Å². The average Bonchev–Trinajstić information content (AvgIpc) is 2.22. The Labute approximate surface area is 89.4 Å². The molecule has 0 saturated carbocycles. The molecule has 0 aromatic carbocycles. The van der Waals surface area contributed by atoms with Gasteiger partial charge in [-0.15, -0.1) is 6.42 Å². The van der Waals surface area contributed by atoms with Crippen LogP contribution >= 0.6 is 0 Å². The van der Waals surface area contributed by atoms with Crippen molar-refractivity contribution in [3.05, 3.63) is 0 Å². The molecule has 84 valence electrons. The summed E-state index contributed by atoms with van der Waals surface area (Å²) in [5, 5.41) is 11.3. The Hall–Kier alpha value is -1.54. The molecule has 5 heteroatoms. The molecular formula is C10H16N2O3. The van der Waals surface area contributed by atoms with Crippen molar-refractivity contribution in [1.82, 2.24) is 10.2 Å². The van der Waals surface area contributed by atoms with Crippen molar-refractivity contribution >= 4 is 11.9 Å². The summed E-state index contributed by atoms with van der Waals surface area (Å²) in [7, 11) is 1.58. The monoisotopic (exact) mass is 212 g/mol. The lowest BCUT2D eigenvalue weighted by Crippen LogP contribution is -2.49. The highest BCUT2D eigenvalue weighted by atomic mass is 16.4. The number of nitrogens with one attached hydrogen (secondary N) is 1. The summed E-state index contributed by atoms with van der Waals surface area (Å²) in [4.78, 5) is 23.6. The summed E-state index contributed by atoms with van der Waals surface area (Å²) in [6, 6.07) is -1.24. The fourth-order valence-electron chi connectivity index (χ4n) is 0.980. The van der Waals surface area contributed by atoms with E-state index in [1.165, 1.54) is 11.8 Å². The SMILES string of the molecule is C#CCNC(=O)C(C)N(C)C(C)C(=O)O. The third kappa shape index (κ3) is 4.00. The molecule has 0 radical (unpaired) electrons. The molecule has 15 heavy (non-hydrogen) atoms. The van der Waals surface area contributed by atoms with Gasteiger partial charge in [-0.25, -0.2) is 0 Å². The normalized spacial score (nSPS) is 14.1. The van der Waals surface area contributed by atoms with Crippen LogP contribution in [0.1, 0.15) is 13.8 Å². The first-order valence-corrected chi connectivity index (χ1v) is 4.57. The Morgan fingerprint density at radius 3 is 2.40 bits per heavy atom. The van der Waals surface area contributed by atoms with Crippen LogP contribution in [-0.2, 0) is 9.59 Å². The zero-order valence-electron chi connectivity index (χ0n) is 9.15. The largest absolute Gasteiger partial charge is 0.480 e. The molecule has 0 aliphatic carbocycles. The quantitative estimate of drug-likeness (QED) is 0.604. The van der Waals surface area contributed by atoms with E-state index in [1.807, 2.05) is 0 Å². The van der Waals surface area contributed by atoms with Gasteiger partial charge in [0.15, 0.2) is 0 Å². The molecule has 0 aromatic heterocycles. The third-order valence-corrected chi connectivity index (χ3v) is 2.32. The van der Waals surface area contributed by atoms with Crippen LogP contribution in [0.2, 0.25) is 0 Å². The molecule has 0 aliphatic rings. The third-order valence-electron chi connectivity index (χ3n) is 2.32. The standard InChI is InChI=1S/C10H16N2O3/c1-5-6-11-9(13)7(2)12(4)8(3)10(14)15/h1,7-8H,6H2,2-4H3,(H,11,13)(H,14,15). The van der Waals surface area contributed by atoms with Crippen LogP contribution in [-0.4, -0.2) is 47.6 Å². The van der Waals surface area contributed by atoms with Crippen LogP contribution in [0.15, 0.2) is 0 Å². The number of hydrogen-bond donors (Lipinski definition) is 2. The van der Waals surface area contributed by atoms with Crippen molar-refractivity contribution in [2.24, 2.45) is 0 Å². The zero-order chi connectivity index (χ0) is 12.0. The molecule has 0 rings (SSSR count). The van der Waals surface area contributed by atoms with E-state index in [4.69, 9.17) is 11.5 Å². The number of carboxylic acids is 1. The summed E-state index contributed by atoms with van der Waals surface area (Å²) in [6.07, 6.45) is 4.99. The molecular weight excluding hydrogens is 196 g/mol. The smallest absolute Gasteiger partial charge is 0.320 e. The maximum absolute atomic E-state index is 11.4. The lowest BCUT2D eigenvalue weighted by atomic mass is 10.2. The highest BCUT2D eigenvalue weighted by Crippen LogP contribution is 2.02. The fourth-order valence-corrected chi connectivity index (χ4v) is 0.980. The van der Waals surface area contributed by atoms with Gasteiger partial charge in [-0.2, -0.15) is 0 Å². The number of likely N-dealkylation sites (N-methyl/N-ethyl adjacent to an activating group) is 1. The van der Waals surface area contributed by atoms with Crippen LogP contribution < -0.4 is 5.32 Å². The van der Waals surface area contributed by atoms with Crippen molar-refractivity contribution in [1.29, 1.82) is 0 Å². The number of amides is 1. The van der Waals surface area contributed by atoms with E-state index in [2.05, 4.69) is 11.2 Å². The van der Waals surface area contributed by atoms with Gasteiger partial charge in [-0.05, 0) is 20.9 Å². The molecule has 0 fully saturated rings. The van der Waals surface area contributed by atoms with E-state index in [0.29, 0.717) is 0 Å². The Morgan fingerprint density at radius 1 is 1.47 bits per heavy atom. The minimum absolute atomic E-state index is 0.151. The van der Waals surface area contributed by atoms with Gasteiger partial charge in [0.05, 0.1) is 12.6 Å². The number of aliphatic carboxylic acids is 1. The van der Waals surface area contributed by atoms with Gasteiger partial charge in [0.1, 0.15) is 6.04 Å². The molecule has 2 atom stereocenters. The second-order valence-corrected chi connectivity index (χ2v) is 3.28. The molecule has 0 spiro atoms. The number of nitrogens with zero attached hydrogens (tertiary/aromatic N) is 1. The maximum atomic E-state index is 11.4. The minimum Gasteiger partial charge on any atom is -0.480 e. The highest BCUT2D eigenvalue weighted by molar-refractivity contribution is 5.82. The zero-order valence-corrected chi connectivity index (χ0v) is 9.15. The number of hydrogen-bond acceptors (Lipinski definition) is 3. The van der Waals surface area contributed by atoms with E-state index in [-0.39, 0.29) is 12.5 Å². The molecule has 0 bridgehead atoms. The van der Waals surface area contributed by atoms with E-state index in [1.54, 1.807) is 14.0 Å². The predicted molar refractivity (Wildman–Crippen MR) is 56.2 cm³/mol. The van der Waals surface area contributed by atoms with Crippen LogP contribution in [0, 0.1) is 12.3 Å². The topological polar surface area (TPSA) is 69.6 Å². The molecule has 0 saturated heterocycles. The lowest BCUT2D eigenvalue weighted by Gasteiger charge is -2.26. The van der Waals surface area contributed by atoms with Gasteiger partial charge in [0.25, 0.3) is 0 Å². The van der Waals surface area contributed by atoms with E-state index in [9.17, 15) is 9.59 Å². The van der Waals surface area contributed by atoms with Crippen LogP contribution in [0.25, 0.3) is 0 Å². The number of carboxylic acid groups (broad SMARTS) is 1. The minimum atomic E-state index is -0.964. The summed E-state index contributed by atoms with van der Waals surface area (Å²) in [6.45, 7) is 3.30. The summed E-state index contributed by atoms with van der Waals surface area (Å²) >= 11 is 0. The first kappa shape index (κ1) is 13.5.